The van der Waals surface area contributed by atoms with Crippen molar-refractivity contribution in [1.29, 1.82) is 0 Å². The average Bonchev–Trinajstić information content (AvgIpc) is 3.39. The fourth-order valence-corrected chi connectivity index (χ4v) is 11.1. The van der Waals surface area contributed by atoms with Crippen LogP contribution in [0.2, 0.25) is 0 Å². The topological polar surface area (TPSA) is 69.6 Å². The Labute approximate surface area is 454 Å². The molecule has 0 aliphatic rings. The third-order valence-corrected chi connectivity index (χ3v) is 16.3. The summed E-state index contributed by atoms with van der Waals surface area (Å²) in [4.78, 5) is 12.5. The minimum Gasteiger partial charge on any atom is -0.394 e. The van der Waals surface area contributed by atoms with E-state index >= 15 is 0 Å². The summed E-state index contributed by atoms with van der Waals surface area (Å²) in [6.45, 7) is 4.36. The van der Waals surface area contributed by atoms with Gasteiger partial charge in [0.15, 0.2) is 0 Å². The van der Waals surface area contributed by atoms with E-state index in [0.717, 1.165) is 25.7 Å². The molecule has 0 aromatic rings. The number of rotatable bonds is 64. The molecule has 0 aromatic heterocycles. The van der Waals surface area contributed by atoms with Gasteiger partial charge in [-0.15, -0.1) is 0 Å². The summed E-state index contributed by atoms with van der Waals surface area (Å²) in [6.07, 6.45) is 85.9. The van der Waals surface area contributed by atoms with E-state index in [-0.39, 0.29) is 12.5 Å². The molecule has 1 amide bonds. The third kappa shape index (κ3) is 60.0. The number of allylic oxidation sites excluding steroid dienone is 1. The van der Waals surface area contributed by atoms with E-state index in [4.69, 9.17) is 0 Å². The second-order valence-corrected chi connectivity index (χ2v) is 23.6. The van der Waals surface area contributed by atoms with E-state index in [2.05, 4.69) is 19.2 Å². The highest BCUT2D eigenvalue weighted by molar-refractivity contribution is 5.76. The van der Waals surface area contributed by atoms with Crippen LogP contribution < -0.4 is 5.32 Å². The summed E-state index contributed by atoms with van der Waals surface area (Å²) in [7, 11) is 0. The van der Waals surface area contributed by atoms with Crippen LogP contribution >= 0.6 is 0 Å². The maximum absolute atomic E-state index is 12.5. The Morgan fingerprint density at radius 1 is 0.319 bits per heavy atom. The molecule has 0 spiro atoms. The van der Waals surface area contributed by atoms with Crippen molar-refractivity contribution in [3.8, 4) is 0 Å². The molecule has 0 fully saturated rings. The van der Waals surface area contributed by atoms with Crippen molar-refractivity contribution >= 4 is 5.91 Å². The van der Waals surface area contributed by atoms with Crippen molar-refractivity contribution in [3.05, 3.63) is 12.2 Å². The van der Waals surface area contributed by atoms with Gasteiger partial charge in [0.05, 0.1) is 18.8 Å². The molecular formula is C68H135NO3. The normalized spacial score (nSPS) is 12.7. The molecule has 0 aliphatic heterocycles. The molecule has 2 atom stereocenters. The summed E-state index contributed by atoms with van der Waals surface area (Å²) >= 11 is 0. The zero-order chi connectivity index (χ0) is 52.0. The fraction of sp³-hybridized carbons (Fsp3) is 0.956. The molecule has 72 heavy (non-hydrogen) atoms. The van der Waals surface area contributed by atoms with Gasteiger partial charge in [0.25, 0.3) is 0 Å². The first-order valence-electron chi connectivity index (χ1n) is 33.9. The molecule has 0 saturated carbocycles. The first-order chi connectivity index (χ1) is 35.7. The standard InChI is InChI=1S/C68H135NO3/c1-3-5-7-9-11-13-15-17-19-21-23-25-26-27-28-29-30-31-32-33-34-35-36-37-38-39-40-41-42-43-44-46-48-50-52-54-56-58-60-62-64-68(72)69-66(65-70)67(71)63-61-59-57-55-53-51-49-47-45-24-22-20-18-16-14-12-10-8-6-4-2/h61,63,66-67,70-71H,3-60,62,64-65H2,1-2H3,(H,69,72)/b63-61+. The number of hydrogen-bond donors (Lipinski definition) is 3. The Morgan fingerprint density at radius 3 is 0.722 bits per heavy atom. The molecular weight excluding hydrogens is 879 g/mol. The van der Waals surface area contributed by atoms with Gasteiger partial charge in [-0.3, -0.25) is 4.79 Å². The Bertz CT molecular complexity index is 1010. The first-order valence-corrected chi connectivity index (χ1v) is 33.9. The van der Waals surface area contributed by atoms with Crippen molar-refractivity contribution < 1.29 is 15.0 Å². The minimum absolute atomic E-state index is 0.0540. The fourth-order valence-electron chi connectivity index (χ4n) is 11.1. The number of unbranched alkanes of at least 4 members (excludes halogenated alkanes) is 57. The predicted molar refractivity (Wildman–Crippen MR) is 323 cm³/mol. The lowest BCUT2D eigenvalue weighted by Gasteiger charge is -2.20. The number of hydrogen-bond acceptors (Lipinski definition) is 3. The number of aliphatic hydroxyl groups excluding tert-OH is 2. The van der Waals surface area contributed by atoms with Gasteiger partial charge in [0, 0.05) is 6.42 Å². The molecule has 0 aliphatic carbocycles. The smallest absolute Gasteiger partial charge is 0.220 e. The summed E-state index contributed by atoms with van der Waals surface area (Å²) < 4.78 is 0. The van der Waals surface area contributed by atoms with Crippen LogP contribution in [0.25, 0.3) is 0 Å². The zero-order valence-electron chi connectivity index (χ0n) is 49.7. The molecule has 4 heteroatoms. The molecule has 0 bridgehead atoms. The summed E-state index contributed by atoms with van der Waals surface area (Å²) in [5.74, 6) is -0.0540. The maximum atomic E-state index is 12.5. The van der Waals surface area contributed by atoms with E-state index in [1.165, 1.54) is 353 Å². The summed E-state index contributed by atoms with van der Waals surface area (Å²) in [5.41, 5.74) is 0. The second-order valence-electron chi connectivity index (χ2n) is 23.6. The van der Waals surface area contributed by atoms with Crippen LogP contribution in [0.3, 0.4) is 0 Å². The minimum atomic E-state index is -0.836. The van der Waals surface area contributed by atoms with Gasteiger partial charge in [-0.2, -0.15) is 0 Å². The van der Waals surface area contributed by atoms with Gasteiger partial charge in [-0.05, 0) is 19.3 Å². The molecule has 4 nitrogen and oxygen atoms in total. The van der Waals surface area contributed by atoms with Gasteiger partial charge in [-0.25, -0.2) is 0 Å². The van der Waals surface area contributed by atoms with Crippen LogP contribution in [0.1, 0.15) is 399 Å². The van der Waals surface area contributed by atoms with Gasteiger partial charge < -0.3 is 15.5 Å². The third-order valence-electron chi connectivity index (χ3n) is 16.3. The number of carbonyl (C=O) groups excluding carboxylic acids is 1. The summed E-state index contributed by atoms with van der Waals surface area (Å²) in [5, 5.41) is 23.2. The van der Waals surface area contributed by atoms with E-state index in [9.17, 15) is 15.0 Å². The zero-order valence-corrected chi connectivity index (χ0v) is 49.7. The van der Waals surface area contributed by atoms with E-state index in [1.54, 1.807) is 6.08 Å². The average molecular weight is 1010 g/mol. The van der Waals surface area contributed by atoms with Crippen LogP contribution in [-0.2, 0) is 4.79 Å². The lowest BCUT2D eigenvalue weighted by molar-refractivity contribution is -0.123. The van der Waals surface area contributed by atoms with Crippen LogP contribution in [0.4, 0.5) is 0 Å². The Hall–Kier alpha value is -0.870. The molecule has 430 valence electrons. The molecule has 3 N–H and O–H groups in total. The van der Waals surface area contributed by atoms with Gasteiger partial charge in [0.1, 0.15) is 0 Å². The number of amides is 1. The van der Waals surface area contributed by atoms with Crippen molar-refractivity contribution in [3.63, 3.8) is 0 Å². The molecule has 0 heterocycles. The first kappa shape index (κ1) is 71.1. The second kappa shape index (κ2) is 64.4. The number of carbonyl (C=O) groups is 1. The van der Waals surface area contributed by atoms with E-state index < -0.39 is 12.1 Å². The van der Waals surface area contributed by atoms with Crippen LogP contribution in [0.15, 0.2) is 12.2 Å². The molecule has 2 unspecified atom stereocenters. The molecule has 0 rings (SSSR count). The summed E-state index contributed by atoms with van der Waals surface area (Å²) in [6, 6.07) is -0.619. The van der Waals surface area contributed by atoms with Crippen LogP contribution in [-0.4, -0.2) is 34.9 Å². The highest BCUT2D eigenvalue weighted by Crippen LogP contribution is 2.19. The highest BCUT2D eigenvalue weighted by atomic mass is 16.3. The Balaban J connectivity index is 3.35. The quantitative estimate of drug-likeness (QED) is 0.0420. The Kier molecular flexibility index (Phi) is 63.6. The number of nitrogens with one attached hydrogen (secondary N) is 1. The Morgan fingerprint density at radius 2 is 0.514 bits per heavy atom. The molecule has 0 radical (unpaired) electrons. The highest BCUT2D eigenvalue weighted by Gasteiger charge is 2.18. The SMILES string of the molecule is CCCCCCCCCCCCCCCCCCCC/C=C/C(O)C(CO)NC(=O)CCCCCCCCCCCCCCCCCCCCCCCCCCCCCCCCCCCCCCCCCC. The van der Waals surface area contributed by atoms with Crippen molar-refractivity contribution in [2.24, 2.45) is 0 Å². The van der Waals surface area contributed by atoms with Crippen LogP contribution in [0, 0.1) is 0 Å². The van der Waals surface area contributed by atoms with Crippen molar-refractivity contribution in [1.82, 2.24) is 5.32 Å². The predicted octanol–water partition coefficient (Wildman–Crippen LogP) is 22.8. The van der Waals surface area contributed by atoms with Crippen molar-refractivity contribution in [2.45, 2.75) is 411 Å². The van der Waals surface area contributed by atoms with Crippen molar-refractivity contribution in [2.75, 3.05) is 6.61 Å². The van der Waals surface area contributed by atoms with E-state index in [1.807, 2.05) is 6.08 Å². The largest absolute Gasteiger partial charge is 0.394 e. The van der Waals surface area contributed by atoms with Crippen LogP contribution in [0.5, 0.6) is 0 Å². The monoisotopic (exact) mass is 1010 g/mol. The lowest BCUT2D eigenvalue weighted by atomic mass is 10.0. The molecule has 0 saturated heterocycles. The van der Waals surface area contributed by atoms with Gasteiger partial charge in [0.2, 0.25) is 5.91 Å². The lowest BCUT2D eigenvalue weighted by Crippen LogP contribution is -2.45. The van der Waals surface area contributed by atoms with E-state index in [0.29, 0.717) is 6.42 Å². The van der Waals surface area contributed by atoms with Gasteiger partial charge >= 0.3 is 0 Å². The maximum Gasteiger partial charge on any atom is 0.220 e. The number of aliphatic hydroxyl groups is 2. The molecule has 0 aromatic carbocycles. The van der Waals surface area contributed by atoms with Gasteiger partial charge in [-0.1, -0.05) is 386 Å².